The summed E-state index contributed by atoms with van der Waals surface area (Å²) < 4.78 is 22.9. The molecule has 16 heavy (non-hydrogen) atoms. The SMILES string of the molecule is N#Cc1ccc(CN2CCOC(CF)C2)o1. The molecule has 2 heterocycles. The molecule has 2 rings (SSSR count). The van der Waals surface area contributed by atoms with E-state index in [2.05, 4.69) is 4.90 Å². The third-order valence-electron chi connectivity index (χ3n) is 2.55. The van der Waals surface area contributed by atoms with Crippen LogP contribution < -0.4 is 0 Å². The predicted molar refractivity (Wildman–Crippen MR) is 54.4 cm³/mol. The van der Waals surface area contributed by atoms with Crippen molar-refractivity contribution >= 4 is 0 Å². The van der Waals surface area contributed by atoms with Crippen LogP contribution in [-0.4, -0.2) is 37.4 Å². The molecule has 5 heteroatoms. The Balaban J connectivity index is 1.91. The van der Waals surface area contributed by atoms with Crippen LogP contribution in [0.15, 0.2) is 16.5 Å². The summed E-state index contributed by atoms with van der Waals surface area (Å²) in [5, 5.41) is 8.61. The summed E-state index contributed by atoms with van der Waals surface area (Å²) in [4.78, 5) is 2.06. The fourth-order valence-corrected chi connectivity index (χ4v) is 1.76. The normalized spacial score (nSPS) is 21.9. The first-order valence-corrected chi connectivity index (χ1v) is 5.20. The van der Waals surface area contributed by atoms with Gasteiger partial charge in [0.25, 0.3) is 0 Å². The Morgan fingerprint density at radius 3 is 3.12 bits per heavy atom. The van der Waals surface area contributed by atoms with E-state index in [0.29, 0.717) is 25.5 Å². The van der Waals surface area contributed by atoms with Crippen LogP contribution in [0.3, 0.4) is 0 Å². The van der Waals surface area contributed by atoms with Gasteiger partial charge < -0.3 is 9.15 Å². The van der Waals surface area contributed by atoms with Crippen LogP contribution in [0.5, 0.6) is 0 Å². The average molecular weight is 224 g/mol. The molecule has 86 valence electrons. The van der Waals surface area contributed by atoms with Crippen LogP contribution in [0.4, 0.5) is 4.39 Å². The zero-order chi connectivity index (χ0) is 11.4. The third-order valence-corrected chi connectivity index (χ3v) is 2.55. The minimum absolute atomic E-state index is 0.310. The quantitative estimate of drug-likeness (QED) is 0.777. The summed E-state index contributed by atoms with van der Waals surface area (Å²) in [5.41, 5.74) is 0. The smallest absolute Gasteiger partial charge is 0.203 e. The average Bonchev–Trinajstić information content (AvgIpc) is 2.77. The maximum Gasteiger partial charge on any atom is 0.203 e. The molecule has 0 aliphatic carbocycles. The van der Waals surface area contributed by atoms with Crippen molar-refractivity contribution in [2.24, 2.45) is 0 Å². The van der Waals surface area contributed by atoms with Gasteiger partial charge in [-0.25, -0.2) is 4.39 Å². The van der Waals surface area contributed by atoms with Crippen molar-refractivity contribution in [2.45, 2.75) is 12.6 Å². The predicted octanol–water partition coefficient (Wildman–Crippen LogP) is 1.32. The molecule has 0 radical (unpaired) electrons. The van der Waals surface area contributed by atoms with E-state index in [1.54, 1.807) is 12.1 Å². The number of alkyl halides is 1. The molecule has 4 nitrogen and oxygen atoms in total. The van der Waals surface area contributed by atoms with Gasteiger partial charge in [0, 0.05) is 13.1 Å². The molecule has 0 amide bonds. The zero-order valence-corrected chi connectivity index (χ0v) is 8.86. The lowest BCUT2D eigenvalue weighted by Gasteiger charge is -2.30. The van der Waals surface area contributed by atoms with Crippen LogP contribution in [0.25, 0.3) is 0 Å². The Morgan fingerprint density at radius 2 is 2.44 bits per heavy atom. The maximum atomic E-state index is 12.4. The highest BCUT2D eigenvalue weighted by Gasteiger charge is 2.21. The van der Waals surface area contributed by atoms with Gasteiger partial charge >= 0.3 is 0 Å². The number of morpholine rings is 1. The highest BCUT2D eigenvalue weighted by atomic mass is 19.1. The Hall–Kier alpha value is -1.38. The van der Waals surface area contributed by atoms with Gasteiger partial charge in [0.15, 0.2) is 0 Å². The Labute approximate surface area is 93.2 Å². The Bertz CT molecular complexity index is 386. The number of ether oxygens (including phenoxy) is 1. The van der Waals surface area contributed by atoms with E-state index in [0.717, 1.165) is 12.3 Å². The van der Waals surface area contributed by atoms with Gasteiger partial charge in [0.2, 0.25) is 5.76 Å². The molecule has 0 saturated carbocycles. The molecule has 0 bridgehead atoms. The van der Waals surface area contributed by atoms with Gasteiger partial charge in [0.05, 0.1) is 19.3 Å². The molecule has 0 aromatic carbocycles. The summed E-state index contributed by atoms with van der Waals surface area (Å²) in [6.07, 6.45) is -0.334. The van der Waals surface area contributed by atoms with Crippen molar-refractivity contribution in [1.29, 1.82) is 5.26 Å². The number of hydrogen-bond acceptors (Lipinski definition) is 4. The highest BCUT2D eigenvalue weighted by Crippen LogP contribution is 2.13. The van der Waals surface area contributed by atoms with E-state index in [1.165, 1.54) is 0 Å². The van der Waals surface area contributed by atoms with Gasteiger partial charge in [-0.15, -0.1) is 0 Å². The molecule has 1 unspecified atom stereocenters. The number of nitriles is 1. The van der Waals surface area contributed by atoms with E-state index < -0.39 is 6.67 Å². The highest BCUT2D eigenvalue weighted by molar-refractivity contribution is 5.19. The first kappa shape index (κ1) is 11.1. The second kappa shape index (κ2) is 5.10. The first-order valence-electron chi connectivity index (χ1n) is 5.20. The molecule has 1 aromatic heterocycles. The largest absolute Gasteiger partial charge is 0.449 e. The fraction of sp³-hybridized carbons (Fsp3) is 0.545. The van der Waals surface area contributed by atoms with E-state index >= 15 is 0 Å². The van der Waals surface area contributed by atoms with Crippen molar-refractivity contribution in [2.75, 3.05) is 26.4 Å². The molecule has 1 aromatic rings. The molecule has 1 saturated heterocycles. The molecular formula is C11H13FN2O2. The zero-order valence-electron chi connectivity index (χ0n) is 8.86. The summed E-state index contributed by atoms with van der Waals surface area (Å²) >= 11 is 0. The molecule has 1 atom stereocenters. The topological polar surface area (TPSA) is 49.4 Å². The van der Waals surface area contributed by atoms with E-state index in [9.17, 15) is 4.39 Å². The lowest BCUT2D eigenvalue weighted by atomic mass is 10.3. The van der Waals surface area contributed by atoms with Crippen LogP contribution in [0.2, 0.25) is 0 Å². The second-order valence-corrected chi connectivity index (χ2v) is 3.76. The lowest BCUT2D eigenvalue weighted by molar-refractivity contribution is -0.0428. The number of rotatable bonds is 3. The van der Waals surface area contributed by atoms with Crippen molar-refractivity contribution in [3.63, 3.8) is 0 Å². The maximum absolute atomic E-state index is 12.4. The van der Waals surface area contributed by atoms with E-state index in [4.69, 9.17) is 14.4 Å². The fourth-order valence-electron chi connectivity index (χ4n) is 1.76. The van der Waals surface area contributed by atoms with Crippen LogP contribution in [0.1, 0.15) is 11.5 Å². The van der Waals surface area contributed by atoms with Crippen molar-refractivity contribution in [3.05, 3.63) is 23.7 Å². The summed E-state index contributed by atoms with van der Waals surface area (Å²) in [6, 6.07) is 5.35. The van der Waals surface area contributed by atoms with E-state index in [-0.39, 0.29) is 6.10 Å². The van der Waals surface area contributed by atoms with Gasteiger partial charge in [-0.1, -0.05) is 0 Å². The molecule has 1 aliphatic heterocycles. The minimum Gasteiger partial charge on any atom is -0.449 e. The number of hydrogen-bond donors (Lipinski definition) is 0. The second-order valence-electron chi connectivity index (χ2n) is 3.76. The number of halogens is 1. The molecule has 1 fully saturated rings. The summed E-state index contributed by atoms with van der Waals surface area (Å²) in [6.45, 7) is 2.01. The number of furan rings is 1. The van der Waals surface area contributed by atoms with Crippen molar-refractivity contribution < 1.29 is 13.5 Å². The van der Waals surface area contributed by atoms with Crippen LogP contribution >= 0.6 is 0 Å². The molecular weight excluding hydrogens is 211 g/mol. The molecule has 0 N–H and O–H groups in total. The van der Waals surface area contributed by atoms with Gasteiger partial charge in [0.1, 0.15) is 18.5 Å². The van der Waals surface area contributed by atoms with Gasteiger partial charge in [-0.05, 0) is 12.1 Å². The first-order chi connectivity index (χ1) is 7.81. The van der Waals surface area contributed by atoms with Crippen LogP contribution in [-0.2, 0) is 11.3 Å². The number of nitrogens with zero attached hydrogens (tertiary/aromatic N) is 2. The van der Waals surface area contributed by atoms with Crippen molar-refractivity contribution in [3.8, 4) is 6.07 Å². The van der Waals surface area contributed by atoms with Crippen molar-refractivity contribution in [1.82, 2.24) is 4.90 Å². The van der Waals surface area contributed by atoms with Gasteiger partial charge in [-0.2, -0.15) is 5.26 Å². The third kappa shape index (κ3) is 2.60. The molecule has 1 aliphatic rings. The lowest BCUT2D eigenvalue weighted by Crippen LogP contribution is -2.42. The summed E-state index contributed by atoms with van der Waals surface area (Å²) in [5.74, 6) is 1.04. The monoisotopic (exact) mass is 224 g/mol. The van der Waals surface area contributed by atoms with Crippen LogP contribution in [0, 0.1) is 11.3 Å². The van der Waals surface area contributed by atoms with Gasteiger partial charge in [-0.3, -0.25) is 4.90 Å². The minimum atomic E-state index is -0.460. The Kier molecular flexibility index (Phi) is 3.54. The Morgan fingerprint density at radius 1 is 1.56 bits per heavy atom. The molecule has 0 spiro atoms. The summed E-state index contributed by atoms with van der Waals surface area (Å²) in [7, 11) is 0. The standard InChI is InChI=1S/C11H13FN2O2/c12-5-11-8-14(3-4-15-11)7-10-2-1-9(6-13)16-10/h1-2,11H,3-5,7-8H2. The van der Waals surface area contributed by atoms with E-state index in [1.807, 2.05) is 6.07 Å².